The Bertz CT molecular complexity index is 526. The molecule has 1 saturated carbocycles. The Balaban J connectivity index is 2.19. The fourth-order valence-corrected chi connectivity index (χ4v) is 2.10. The minimum atomic E-state index is -1.23. The van der Waals surface area contributed by atoms with E-state index in [2.05, 4.69) is 17.2 Å². The van der Waals surface area contributed by atoms with Crippen LogP contribution in [0.15, 0.2) is 12.3 Å². The molecule has 1 aliphatic rings. The van der Waals surface area contributed by atoms with Crippen LogP contribution < -0.4 is 5.32 Å². The molecule has 0 spiro atoms. The predicted octanol–water partition coefficient (Wildman–Crippen LogP) is 2.29. The number of aromatic nitrogens is 1. The van der Waals surface area contributed by atoms with Gasteiger partial charge in [0.1, 0.15) is 0 Å². The highest BCUT2D eigenvalue weighted by Crippen LogP contribution is 2.40. The molecule has 0 bridgehead atoms. The van der Waals surface area contributed by atoms with Crippen molar-refractivity contribution in [2.75, 3.05) is 11.9 Å². The number of nitro groups is 1. The van der Waals surface area contributed by atoms with Crippen LogP contribution in [0.2, 0.25) is 0 Å². The minimum absolute atomic E-state index is 0.128. The van der Waals surface area contributed by atoms with Gasteiger partial charge in [0.25, 0.3) is 0 Å². The number of carboxylic acid groups (broad SMARTS) is 1. The summed E-state index contributed by atoms with van der Waals surface area (Å²) in [6, 6.07) is 1.03. The molecule has 1 aromatic rings. The van der Waals surface area contributed by atoms with Gasteiger partial charge in [-0.3, -0.25) is 10.1 Å². The van der Waals surface area contributed by atoms with Gasteiger partial charge < -0.3 is 10.4 Å². The molecule has 0 amide bonds. The maximum Gasteiger partial charge on any atom is 0.337 e. The molecular formula is C12H15N3O4. The van der Waals surface area contributed by atoms with Crippen LogP contribution in [-0.4, -0.2) is 27.5 Å². The number of hydrogen-bond donors (Lipinski definition) is 2. The van der Waals surface area contributed by atoms with Gasteiger partial charge in [-0.15, -0.1) is 0 Å². The number of anilines is 1. The largest absolute Gasteiger partial charge is 0.478 e. The summed E-state index contributed by atoms with van der Waals surface area (Å²) in [6.07, 6.45) is 4.47. The summed E-state index contributed by atoms with van der Waals surface area (Å²) in [5.41, 5.74) is -0.337. The van der Waals surface area contributed by atoms with E-state index in [0.29, 0.717) is 6.54 Å². The first-order valence-corrected chi connectivity index (χ1v) is 6.03. The molecule has 0 aromatic carbocycles. The van der Waals surface area contributed by atoms with Crippen molar-refractivity contribution >= 4 is 17.5 Å². The Morgan fingerprint density at radius 1 is 1.63 bits per heavy atom. The number of carbonyl (C=O) groups is 1. The molecule has 19 heavy (non-hydrogen) atoms. The van der Waals surface area contributed by atoms with Gasteiger partial charge in [0.15, 0.2) is 0 Å². The van der Waals surface area contributed by atoms with Crippen molar-refractivity contribution in [2.45, 2.75) is 26.2 Å². The lowest BCUT2D eigenvalue weighted by Gasteiger charge is -2.38. The van der Waals surface area contributed by atoms with Crippen molar-refractivity contribution in [3.63, 3.8) is 0 Å². The van der Waals surface area contributed by atoms with Crippen LogP contribution in [-0.2, 0) is 0 Å². The zero-order valence-electron chi connectivity index (χ0n) is 10.5. The van der Waals surface area contributed by atoms with Crippen LogP contribution in [0.25, 0.3) is 0 Å². The fourth-order valence-electron chi connectivity index (χ4n) is 2.10. The average molecular weight is 265 g/mol. The average Bonchev–Trinajstić information content (AvgIpc) is 2.33. The molecule has 2 rings (SSSR count). The molecule has 102 valence electrons. The van der Waals surface area contributed by atoms with Gasteiger partial charge in [-0.1, -0.05) is 13.3 Å². The molecule has 0 radical (unpaired) electrons. The topological polar surface area (TPSA) is 105 Å². The molecule has 1 fully saturated rings. The van der Waals surface area contributed by atoms with Crippen LogP contribution in [0.1, 0.15) is 36.5 Å². The van der Waals surface area contributed by atoms with E-state index < -0.39 is 10.9 Å². The van der Waals surface area contributed by atoms with Gasteiger partial charge in [0, 0.05) is 18.8 Å². The molecule has 0 unspecified atom stereocenters. The molecular weight excluding hydrogens is 250 g/mol. The second-order valence-electron chi connectivity index (χ2n) is 5.17. The van der Waals surface area contributed by atoms with Crippen molar-refractivity contribution in [1.82, 2.24) is 4.98 Å². The first-order valence-electron chi connectivity index (χ1n) is 6.03. The molecule has 7 heteroatoms. The van der Waals surface area contributed by atoms with Crippen molar-refractivity contribution in [3.05, 3.63) is 27.9 Å². The van der Waals surface area contributed by atoms with E-state index in [1.54, 1.807) is 0 Å². The number of hydrogen-bond acceptors (Lipinski definition) is 5. The van der Waals surface area contributed by atoms with Crippen LogP contribution >= 0.6 is 0 Å². The molecule has 0 atom stereocenters. The van der Waals surface area contributed by atoms with Gasteiger partial charge in [0.2, 0.25) is 5.82 Å². The summed E-state index contributed by atoms with van der Waals surface area (Å²) in [5, 5.41) is 22.7. The second-order valence-corrected chi connectivity index (χ2v) is 5.17. The normalized spacial score (nSPS) is 16.5. The zero-order chi connectivity index (χ0) is 14.0. The van der Waals surface area contributed by atoms with Crippen LogP contribution in [0.5, 0.6) is 0 Å². The lowest BCUT2D eigenvalue weighted by molar-refractivity contribution is -0.384. The summed E-state index contributed by atoms with van der Waals surface area (Å²) < 4.78 is 0. The fraction of sp³-hybridized carbons (Fsp3) is 0.500. The lowest BCUT2D eigenvalue weighted by atomic mass is 9.70. The van der Waals surface area contributed by atoms with Gasteiger partial charge >= 0.3 is 11.7 Å². The monoisotopic (exact) mass is 265 g/mol. The number of carboxylic acids is 1. The third-order valence-electron chi connectivity index (χ3n) is 3.55. The first-order chi connectivity index (χ1) is 8.91. The standard InChI is InChI=1S/C12H15N3O4/c1-12(3-2-4-12)7-14-10-9(15(18)19)5-8(6-13-10)11(16)17/h5-6H,2-4,7H2,1H3,(H,13,14)(H,16,17). The maximum absolute atomic E-state index is 10.9. The van der Waals surface area contributed by atoms with E-state index in [1.807, 2.05) is 0 Å². The van der Waals surface area contributed by atoms with E-state index in [0.717, 1.165) is 25.1 Å². The lowest BCUT2D eigenvalue weighted by Crippen LogP contribution is -2.33. The van der Waals surface area contributed by atoms with Crippen molar-refractivity contribution < 1.29 is 14.8 Å². The molecule has 1 heterocycles. The molecule has 7 nitrogen and oxygen atoms in total. The summed E-state index contributed by atoms with van der Waals surface area (Å²) >= 11 is 0. The van der Waals surface area contributed by atoms with Crippen molar-refractivity contribution in [1.29, 1.82) is 0 Å². The zero-order valence-corrected chi connectivity index (χ0v) is 10.5. The number of aromatic carboxylic acids is 1. The van der Waals surface area contributed by atoms with E-state index in [1.165, 1.54) is 6.42 Å². The third kappa shape index (κ3) is 2.81. The minimum Gasteiger partial charge on any atom is -0.478 e. The quantitative estimate of drug-likeness (QED) is 0.625. The van der Waals surface area contributed by atoms with E-state index in [9.17, 15) is 14.9 Å². The SMILES string of the molecule is CC1(CNc2ncc(C(=O)O)cc2[N+](=O)[O-])CCC1. The van der Waals surface area contributed by atoms with Crippen LogP contribution in [0, 0.1) is 15.5 Å². The smallest absolute Gasteiger partial charge is 0.337 e. The summed E-state index contributed by atoms with van der Waals surface area (Å²) in [5.74, 6) is -1.10. The van der Waals surface area contributed by atoms with E-state index >= 15 is 0 Å². The second kappa shape index (κ2) is 4.83. The molecule has 1 aliphatic carbocycles. The maximum atomic E-state index is 10.9. The molecule has 1 aromatic heterocycles. The van der Waals surface area contributed by atoms with Gasteiger partial charge in [-0.2, -0.15) is 0 Å². The third-order valence-corrected chi connectivity index (χ3v) is 3.55. The number of rotatable bonds is 5. The van der Waals surface area contributed by atoms with Crippen molar-refractivity contribution in [3.8, 4) is 0 Å². The van der Waals surface area contributed by atoms with Gasteiger partial charge in [-0.05, 0) is 18.3 Å². The summed E-state index contributed by atoms with van der Waals surface area (Å²) in [6.45, 7) is 2.72. The number of nitrogens with zero attached hydrogens (tertiary/aromatic N) is 2. The Labute approximate surface area is 109 Å². The predicted molar refractivity (Wildman–Crippen MR) is 68.3 cm³/mol. The first kappa shape index (κ1) is 13.3. The van der Waals surface area contributed by atoms with Gasteiger partial charge in [0.05, 0.1) is 10.5 Å². The number of nitrogens with one attached hydrogen (secondary N) is 1. The number of pyridine rings is 1. The Hall–Kier alpha value is -2.18. The highest BCUT2D eigenvalue weighted by molar-refractivity contribution is 5.88. The Kier molecular flexibility index (Phi) is 3.37. The van der Waals surface area contributed by atoms with E-state index in [4.69, 9.17) is 5.11 Å². The van der Waals surface area contributed by atoms with E-state index in [-0.39, 0.29) is 22.5 Å². The molecule has 0 saturated heterocycles. The van der Waals surface area contributed by atoms with Gasteiger partial charge in [-0.25, -0.2) is 9.78 Å². The summed E-state index contributed by atoms with van der Waals surface area (Å²) in [7, 11) is 0. The van der Waals surface area contributed by atoms with Crippen molar-refractivity contribution in [2.24, 2.45) is 5.41 Å². The highest BCUT2D eigenvalue weighted by Gasteiger charge is 2.32. The van der Waals surface area contributed by atoms with Crippen LogP contribution in [0.3, 0.4) is 0 Å². The summed E-state index contributed by atoms with van der Waals surface area (Å²) in [4.78, 5) is 24.9. The molecule has 2 N–H and O–H groups in total. The van der Waals surface area contributed by atoms with Crippen LogP contribution in [0.4, 0.5) is 11.5 Å². The Morgan fingerprint density at radius 2 is 2.32 bits per heavy atom. The highest BCUT2D eigenvalue weighted by atomic mass is 16.6. The molecule has 0 aliphatic heterocycles. The Morgan fingerprint density at radius 3 is 2.79 bits per heavy atom.